The number of piperidine rings is 2. The molecule has 4 nitrogen and oxygen atoms in total. The van der Waals surface area contributed by atoms with Crippen LogP contribution in [0.2, 0.25) is 0 Å². The predicted molar refractivity (Wildman–Crippen MR) is 116 cm³/mol. The Kier molecular flexibility index (Phi) is 6.93. The van der Waals surface area contributed by atoms with Crippen molar-refractivity contribution in [3.05, 3.63) is 0 Å². The zero-order chi connectivity index (χ0) is 19.7. The lowest BCUT2D eigenvalue weighted by atomic mass is 9.91. The topological polar surface area (TPSA) is 13.0 Å². The van der Waals surface area contributed by atoms with Crippen molar-refractivity contribution in [1.82, 2.24) is 19.6 Å². The molecular formula is C23H46N4. The van der Waals surface area contributed by atoms with E-state index in [2.05, 4.69) is 61.1 Å². The summed E-state index contributed by atoms with van der Waals surface area (Å²) in [5.41, 5.74) is 0.679. The van der Waals surface area contributed by atoms with Crippen LogP contribution in [0.4, 0.5) is 0 Å². The summed E-state index contributed by atoms with van der Waals surface area (Å²) in [4.78, 5) is 10.9. The fourth-order valence-electron chi connectivity index (χ4n) is 5.38. The van der Waals surface area contributed by atoms with E-state index in [1.165, 1.54) is 84.6 Å². The maximum absolute atomic E-state index is 2.79. The summed E-state index contributed by atoms with van der Waals surface area (Å²) in [7, 11) is 0. The molecule has 0 bridgehead atoms. The fraction of sp³-hybridized carbons (Fsp3) is 1.00. The van der Waals surface area contributed by atoms with Crippen molar-refractivity contribution in [2.45, 2.75) is 84.3 Å². The van der Waals surface area contributed by atoms with Gasteiger partial charge in [0.25, 0.3) is 0 Å². The van der Waals surface area contributed by atoms with Crippen molar-refractivity contribution in [3.8, 4) is 0 Å². The lowest BCUT2D eigenvalue weighted by Crippen LogP contribution is -2.57. The van der Waals surface area contributed by atoms with Gasteiger partial charge in [-0.25, -0.2) is 0 Å². The first-order valence-electron chi connectivity index (χ1n) is 11.6. The Morgan fingerprint density at radius 1 is 0.593 bits per heavy atom. The molecule has 0 radical (unpaired) electrons. The van der Waals surface area contributed by atoms with E-state index >= 15 is 0 Å². The Bertz CT molecular complexity index is 440. The van der Waals surface area contributed by atoms with Crippen LogP contribution in [-0.4, -0.2) is 95.6 Å². The van der Waals surface area contributed by atoms with Crippen molar-refractivity contribution < 1.29 is 0 Å². The third kappa shape index (κ3) is 5.91. The summed E-state index contributed by atoms with van der Waals surface area (Å²) in [6, 6.07) is 0.839. The second-order valence-corrected chi connectivity index (χ2v) is 11.3. The summed E-state index contributed by atoms with van der Waals surface area (Å²) in [6.07, 6.45) is 5.56. The number of hydrogen-bond acceptors (Lipinski definition) is 4. The van der Waals surface area contributed by atoms with E-state index in [4.69, 9.17) is 0 Å². The molecule has 0 spiro atoms. The monoisotopic (exact) mass is 378 g/mol. The summed E-state index contributed by atoms with van der Waals surface area (Å²) in [5.74, 6) is 0.926. The molecule has 0 aliphatic carbocycles. The number of nitrogens with zero attached hydrogens (tertiary/aromatic N) is 4. The van der Waals surface area contributed by atoms with E-state index < -0.39 is 0 Å². The molecule has 0 aromatic carbocycles. The number of rotatable bonds is 3. The molecule has 27 heavy (non-hydrogen) atoms. The van der Waals surface area contributed by atoms with E-state index in [1.807, 2.05) is 0 Å². The van der Waals surface area contributed by atoms with Crippen LogP contribution >= 0.6 is 0 Å². The van der Waals surface area contributed by atoms with Gasteiger partial charge in [0.1, 0.15) is 0 Å². The molecule has 3 saturated heterocycles. The van der Waals surface area contributed by atoms with E-state index in [0.717, 1.165) is 12.0 Å². The van der Waals surface area contributed by atoms with Crippen LogP contribution in [0.15, 0.2) is 0 Å². The normalized spacial score (nSPS) is 27.3. The molecule has 158 valence electrons. The highest BCUT2D eigenvalue weighted by Gasteiger charge is 2.32. The molecule has 4 heteroatoms. The van der Waals surface area contributed by atoms with Gasteiger partial charge in [0.05, 0.1) is 0 Å². The molecule has 0 amide bonds. The zero-order valence-electron chi connectivity index (χ0n) is 19.1. The Balaban J connectivity index is 1.35. The van der Waals surface area contributed by atoms with Gasteiger partial charge in [-0.1, -0.05) is 0 Å². The Morgan fingerprint density at radius 3 is 1.56 bits per heavy atom. The molecule has 0 atom stereocenters. The second-order valence-electron chi connectivity index (χ2n) is 11.3. The largest absolute Gasteiger partial charge is 0.303 e. The van der Waals surface area contributed by atoms with Crippen molar-refractivity contribution in [2.24, 2.45) is 5.92 Å². The maximum Gasteiger partial charge on any atom is 0.0126 e. The van der Waals surface area contributed by atoms with Crippen molar-refractivity contribution in [1.29, 1.82) is 0 Å². The molecule has 3 rings (SSSR count). The van der Waals surface area contributed by atoms with Crippen LogP contribution < -0.4 is 0 Å². The highest BCUT2D eigenvalue weighted by Crippen LogP contribution is 2.26. The van der Waals surface area contributed by atoms with Crippen molar-refractivity contribution in [2.75, 3.05) is 58.9 Å². The number of piperazine rings is 1. The van der Waals surface area contributed by atoms with Gasteiger partial charge in [0.2, 0.25) is 0 Å². The maximum atomic E-state index is 2.79. The van der Waals surface area contributed by atoms with Gasteiger partial charge in [-0.2, -0.15) is 0 Å². The zero-order valence-corrected chi connectivity index (χ0v) is 19.1. The van der Waals surface area contributed by atoms with Gasteiger partial charge in [-0.3, -0.25) is 14.7 Å². The minimum absolute atomic E-state index is 0.331. The first-order valence-corrected chi connectivity index (χ1v) is 11.6. The van der Waals surface area contributed by atoms with Gasteiger partial charge in [-0.05, 0) is 99.3 Å². The summed E-state index contributed by atoms with van der Waals surface area (Å²) >= 11 is 0. The molecule has 3 fully saturated rings. The highest BCUT2D eigenvalue weighted by molar-refractivity contribution is 4.88. The van der Waals surface area contributed by atoms with Crippen LogP contribution in [0.1, 0.15) is 67.2 Å². The summed E-state index contributed by atoms with van der Waals surface area (Å²) < 4.78 is 0. The van der Waals surface area contributed by atoms with E-state index in [9.17, 15) is 0 Å². The van der Waals surface area contributed by atoms with E-state index in [1.54, 1.807) is 0 Å². The fourth-order valence-corrected chi connectivity index (χ4v) is 5.38. The van der Waals surface area contributed by atoms with E-state index in [0.29, 0.717) is 11.1 Å². The lowest BCUT2D eigenvalue weighted by molar-refractivity contribution is 0.0187. The van der Waals surface area contributed by atoms with Crippen LogP contribution in [0.3, 0.4) is 0 Å². The Hall–Kier alpha value is -0.160. The molecular weight excluding hydrogens is 332 g/mol. The average Bonchev–Trinajstić information content (AvgIpc) is 2.61. The third-order valence-corrected chi connectivity index (χ3v) is 7.42. The molecule has 3 aliphatic heterocycles. The molecule has 0 unspecified atom stereocenters. The molecule has 3 aliphatic rings. The highest BCUT2D eigenvalue weighted by atomic mass is 15.3. The minimum Gasteiger partial charge on any atom is -0.303 e. The number of hydrogen-bond donors (Lipinski definition) is 0. The summed E-state index contributed by atoms with van der Waals surface area (Å²) in [6.45, 7) is 25.8. The van der Waals surface area contributed by atoms with Crippen LogP contribution in [0.5, 0.6) is 0 Å². The van der Waals surface area contributed by atoms with Gasteiger partial charge in [-0.15, -0.1) is 0 Å². The predicted octanol–water partition coefficient (Wildman–Crippen LogP) is 3.38. The van der Waals surface area contributed by atoms with Gasteiger partial charge >= 0.3 is 0 Å². The van der Waals surface area contributed by atoms with E-state index in [-0.39, 0.29) is 0 Å². The molecule has 3 heterocycles. The SMILES string of the molecule is CC(C)(C)N1CCC(CN2CCC(N3CCN(C(C)(C)C)CC3)CC2)CC1. The van der Waals surface area contributed by atoms with Gasteiger partial charge in [0.15, 0.2) is 0 Å². The van der Waals surface area contributed by atoms with Crippen molar-refractivity contribution in [3.63, 3.8) is 0 Å². The van der Waals surface area contributed by atoms with Crippen LogP contribution in [0, 0.1) is 5.92 Å². The quantitative estimate of drug-likeness (QED) is 0.746. The second kappa shape index (κ2) is 8.69. The summed E-state index contributed by atoms with van der Waals surface area (Å²) in [5, 5.41) is 0. The molecule has 0 N–H and O–H groups in total. The standard InChI is InChI=1S/C23H46N4/c1-22(2,3)26-13-7-20(8-14-26)19-24-11-9-21(10-12-24)25-15-17-27(18-16-25)23(4,5)6/h20-21H,7-19H2,1-6H3. The molecule has 0 aromatic rings. The first-order chi connectivity index (χ1) is 12.6. The third-order valence-electron chi connectivity index (χ3n) is 7.42. The number of likely N-dealkylation sites (tertiary alicyclic amines) is 2. The van der Waals surface area contributed by atoms with Gasteiger partial charge < -0.3 is 4.90 Å². The Labute approximate surface area is 169 Å². The first kappa shape index (κ1) is 21.5. The lowest BCUT2D eigenvalue weighted by Gasteiger charge is -2.47. The van der Waals surface area contributed by atoms with Crippen LogP contribution in [-0.2, 0) is 0 Å². The van der Waals surface area contributed by atoms with Crippen LogP contribution in [0.25, 0.3) is 0 Å². The molecule has 0 saturated carbocycles. The minimum atomic E-state index is 0.331. The van der Waals surface area contributed by atoms with Gasteiger partial charge in [0, 0.05) is 49.8 Å². The smallest absolute Gasteiger partial charge is 0.0126 e. The molecule has 0 aromatic heterocycles. The van der Waals surface area contributed by atoms with Crippen molar-refractivity contribution >= 4 is 0 Å². The average molecular weight is 379 g/mol. The Morgan fingerprint density at radius 2 is 1.07 bits per heavy atom.